The highest BCUT2D eigenvalue weighted by molar-refractivity contribution is 7.80. The van der Waals surface area contributed by atoms with Gasteiger partial charge in [-0.25, -0.2) is 0 Å². The van der Waals surface area contributed by atoms with Crippen LogP contribution in [0.2, 0.25) is 0 Å². The molecule has 0 aliphatic heterocycles. The number of aryl methyl sites for hydroxylation is 2. The first-order valence-corrected chi connectivity index (χ1v) is 6.59. The van der Waals surface area contributed by atoms with E-state index in [1.807, 2.05) is 0 Å². The zero-order valence-corrected chi connectivity index (χ0v) is 11.0. The number of benzene rings is 1. The standard InChI is InChI=1S/C14H20OS/c1-11-4-5-12(2)13(8-11)15-9-14(10-16)6-3-7-14/h4-5,8,16H,3,6-7,9-10H2,1-2H3. The van der Waals surface area contributed by atoms with Gasteiger partial charge in [0.1, 0.15) is 5.75 Å². The van der Waals surface area contributed by atoms with E-state index < -0.39 is 0 Å². The Morgan fingerprint density at radius 1 is 1.31 bits per heavy atom. The Labute approximate surface area is 104 Å². The van der Waals surface area contributed by atoms with Crippen molar-refractivity contribution >= 4 is 12.6 Å². The summed E-state index contributed by atoms with van der Waals surface area (Å²) < 4.78 is 5.97. The van der Waals surface area contributed by atoms with Crippen LogP contribution in [0, 0.1) is 19.3 Å². The molecule has 1 aliphatic rings. The second-order valence-corrected chi connectivity index (χ2v) is 5.39. The fraction of sp³-hybridized carbons (Fsp3) is 0.571. The lowest BCUT2D eigenvalue weighted by Crippen LogP contribution is -2.37. The second kappa shape index (κ2) is 4.70. The van der Waals surface area contributed by atoms with E-state index in [1.165, 1.54) is 30.4 Å². The average Bonchev–Trinajstić information content (AvgIpc) is 2.22. The van der Waals surface area contributed by atoms with E-state index in [1.54, 1.807) is 0 Å². The Hall–Kier alpha value is -0.630. The van der Waals surface area contributed by atoms with Crippen LogP contribution in [0.4, 0.5) is 0 Å². The van der Waals surface area contributed by atoms with Crippen LogP contribution in [0.5, 0.6) is 5.75 Å². The summed E-state index contributed by atoms with van der Waals surface area (Å²) in [7, 11) is 0. The van der Waals surface area contributed by atoms with Gasteiger partial charge >= 0.3 is 0 Å². The van der Waals surface area contributed by atoms with Gasteiger partial charge in [-0.3, -0.25) is 0 Å². The maximum Gasteiger partial charge on any atom is 0.122 e. The molecule has 1 aliphatic carbocycles. The predicted molar refractivity (Wildman–Crippen MR) is 71.5 cm³/mol. The van der Waals surface area contributed by atoms with E-state index in [0.717, 1.165) is 18.1 Å². The van der Waals surface area contributed by atoms with Gasteiger partial charge < -0.3 is 4.74 Å². The lowest BCUT2D eigenvalue weighted by molar-refractivity contribution is 0.0825. The van der Waals surface area contributed by atoms with Crippen LogP contribution < -0.4 is 4.74 Å². The van der Waals surface area contributed by atoms with E-state index in [0.29, 0.717) is 5.41 Å². The summed E-state index contributed by atoms with van der Waals surface area (Å²) in [6.45, 7) is 5.02. The van der Waals surface area contributed by atoms with E-state index in [9.17, 15) is 0 Å². The highest BCUT2D eigenvalue weighted by atomic mass is 32.1. The molecule has 0 spiro atoms. The first-order chi connectivity index (χ1) is 7.65. The first kappa shape index (κ1) is 11.8. The van der Waals surface area contributed by atoms with Crippen LogP contribution >= 0.6 is 12.6 Å². The molecule has 0 bridgehead atoms. The normalized spacial score (nSPS) is 17.9. The van der Waals surface area contributed by atoms with Crippen LogP contribution in [0.3, 0.4) is 0 Å². The topological polar surface area (TPSA) is 9.23 Å². The van der Waals surface area contributed by atoms with E-state index in [-0.39, 0.29) is 0 Å². The maximum absolute atomic E-state index is 5.97. The number of ether oxygens (including phenoxy) is 1. The molecule has 0 unspecified atom stereocenters. The fourth-order valence-electron chi connectivity index (χ4n) is 2.12. The third-order valence-corrected chi connectivity index (χ3v) is 4.30. The molecule has 0 amide bonds. The van der Waals surface area contributed by atoms with Gasteiger partial charge in [-0.15, -0.1) is 0 Å². The van der Waals surface area contributed by atoms with Crippen molar-refractivity contribution in [2.45, 2.75) is 33.1 Å². The minimum atomic E-state index is 0.347. The average molecular weight is 236 g/mol. The Balaban J connectivity index is 2.01. The summed E-state index contributed by atoms with van der Waals surface area (Å²) in [6.07, 6.45) is 3.86. The Bertz CT molecular complexity index is 363. The Morgan fingerprint density at radius 3 is 2.62 bits per heavy atom. The highest BCUT2D eigenvalue weighted by Crippen LogP contribution is 2.42. The van der Waals surface area contributed by atoms with Gasteiger partial charge in [0.25, 0.3) is 0 Å². The molecule has 16 heavy (non-hydrogen) atoms. The smallest absolute Gasteiger partial charge is 0.122 e. The molecule has 0 radical (unpaired) electrons. The number of rotatable bonds is 4. The number of thiol groups is 1. The summed E-state index contributed by atoms with van der Waals surface area (Å²) in [5.74, 6) is 1.98. The van der Waals surface area contributed by atoms with Gasteiger partial charge in [0.15, 0.2) is 0 Å². The highest BCUT2D eigenvalue weighted by Gasteiger charge is 2.36. The van der Waals surface area contributed by atoms with Crippen LogP contribution in [0.15, 0.2) is 18.2 Å². The lowest BCUT2D eigenvalue weighted by Gasteiger charge is -2.40. The molecule has 0 aromatic heterocycles. The molecule has 1 aromatic rings. The zero-order chi connectivity index (χ0) is 11.6. The molecule has 2 heteroatoms. The second-order valence-electron chi connectivity index (χ2n) is 5.07. The molecule has 0 saturated heterocycles. The van der Waals surface area contributed by atoms with Gasteiger partial charge in [0.05, 0.1) is 6.61 Å². The zero-order valence-electron chi connectivity index (χ0n) is 10.1. The van der Waals surface area contributed by atoms with Crippen molar-refractivity contribution in [3.63, 3.8) is 0 Å². The Kier molecular flexibility index (Phi) is 3.48. The van der Waals surface area contributed by atoms with Crippen molar-refractivity contribution in [3.8, 4) is 5.75 Å². The van der Waals surface area contributed by atoms with E-state index >= 15 is 0 Å². The summed E-state index contributed by atoms with van der Waals surface area (Å²) in [5, 5.41) is 0. The molecule has 0 atom stereocenters. The molecule has 1 fully saturated rings. The maximum atomic E-state index is 5.97. The monoisotopic (exact) mass is 236 g/mol. The molecule has 0 heterocycles. The van der Waals surface area contributed by atoms with Crippen molar-refractivity contribution in [3.05, 3.63) is 29.3 Å². The van der Waals surface area contributed by atoms with Crippen LogP contribution in [0.25, 0.3) is 0 Å². The van der Waals surface area contributed by atoms with Gasteiger partial charge in [-0.1, -0.05) is 18.6 Å². The molecule has 1 nitrogen and oxygen atoms in total. The molecular formula is C14H20OS. The molecule has 1 aromatic carbocycles. The summed E-state index contributed by atoms with van der Waals surface area (Å²) in [6, 6.07) is 6.37. The van der Waals surface area contributed by atoms with Crippen LogP contribution in [-0.2, 0) is 0 Å². The first-order valence-electron chi connectivity index (χ1n) is 5.96. The quantitative estimate of drug-likeness (QED) is 0.783. The molecule has 88 valence electrons. The van der Waals surface area contributed by atoms with Crippen molar-refractivity contribution in [2.75, 3.05) is 12.4 Å². The number of hydrogen-bond acceptors (Lipinski definition) is 2. The molecule has 2 rings (SSSR count). The van der Waals surface area contributed by atoms with Crippen molar-refractivity contribution in [2.24, 2.45) is 5.41 Å². The van der Waals surface area contributed by atoms with E-state index in [4.69, 9.17) is 4.74 Å². The molecule has 1 saturated carbocycles. The van der Waals surface area contributed by atoms with Crippen molar-refractivity contribution < 1.29 is 4.74 Å². The minimum absolute atomic E-state index is 0.347. The molecule has 0 N–H and O–H groups in total. The Morgan fingerprint density at radius 2 is 2.06 bits per heavy atom. The lowest BCUT2D eigenvalue weighted by atomic mass is 9.71. The van der Waals surface area contributed by atoms with Crippen molar-refractivity contribution in [1.82, 2.24) is 0 Å². The summed E-state index contributed by atoms with van der Waals surface area (Å²) in [5.41, 5.74) is 2.83. The van der Waals surface area contributed by atoms with Gasteiger partial charge in [0, 0.05) is 5.41 Å². The summed E-state index contributed by atoms with van der Waals surface area (Å²) in [4.78, 5) is 0. The third-order valence-electron chi connectivity index (χ3n) is 3.63. The number of hydrogen-bond donors (Lipinski definition) is 1. The SMILES string of the molecule is Cc1ccc(C)c(OCC2(CS)CCC2)c1. The fourth-order valence-corrected chi connectivity index (χ4v) is 2.53. The van der Waals surface area contributed by atoms with Gasteiger partial charge in [0.2, 0.25) is 0 Å². The van der Waals surface area contributed by atoms with Gasteiger partial charge in [-0.05, 0) is 49.6 Å². The van der Waals surface area contributed by atoms with E-state index in [2.05, 4.69) is 44.7 Å². The third kappa shape index (κ3) is 2.37. The largest absolute Gasteiger partial charge is 0.493 e. The molecular weight excluding hydrogens is 216 g/mol. The van der Waals surface area contributed by atoms with Crippen LogP contribution in [-0.4, -0.2) is 12.4 Å². The predicted octanol–water partition coefficient (Wildman–Crippen LogP) is 3.78. The van der Waals surface area contributed by atoms with Crippen molar-refractivity contribution in [1.29, 1.82) is 0 Å². The summed E-state index contributed by atoms with van der Waals surface area (Å²) >= 11 is 4.45. The van der Waals surface area contributed by atoms with Crippen LogP contribution in [0.1, 0.15) is 30.4 Å². The minimum Gasteiger partial charge on any atom is -0.493 e. The van der Waals surface area contributed by atoms with Gasteiger partial charge in [-0.2, -0.15) is 12.6 Å².